The van der Waals surface area contributed by atoms with E-state index in [2.05, 4.69) is 0 Å². The maximum absolute atomic E-state index is 10.1. The molecule has 0 unspecified atom stereocenters. The van der Waals surface area contributed by atoms with Crippen LogP contribution in [0.1, 0.15) is 10.4 Å². The van der Waals surface area contributed by atoms with E-state index >= 15 is 0 Å². The number of ether oxygens (including phenoxy) is 2. The molecule has 0 saturated carbocycles. The largest absolute Gasteiger partial charge is 0.462 e. The minimum Gasteiger partial charge on any atom is -0.462 e. The van der Waals surface area contributed by atoms with Crippen LogP contribution >= 0.6 is 34.5 Å². The molecule has 1 saturated heterocycles. The maximum atomic E-state index is 10.1. The Kier molecular flexibility index (Phi) is 6.42. The molecule has 2 heterocycles. The first-order valence-corrected chi connectivity index (χ1v) is 9.46. The normalized spacial score (nSPS) is 28.9. The zero-order valence-electron chi connectivity index (χ0n) is 13.5. The Labute approximate surface area is 164 Å². The van der Waals surface area contributed by atoms with Crippen molar-refractivity contribution in [3.63, 3.8) is 0 Å². The fourth-order valence-corrected chi connectivity index (χ4v) is 4.06. The topological polar surface area (TPSA) is 99.4 Å². The van der Waals surface area contributed by atoms with Crippen LogP contribution in [0.3, 0.4) is 0 Å². The van der Waals surface area contributed by atoms with Gasteiger partial charge in [-0.15, -0.1) is 11.3 Å². The third-order valence-electron chi connectivity index (χ3n) is 4.15. The Balaban J connectivity index is 1.84. The van der Waals surface area contributed by atoms with Gasteiger partial charge in [-0.25, -0.2) is 0 Å². The van der Waals surface area contributed by atoms with E-state index in [-0.39, 0.29) is 0 Å². The lowest BCUT2D eigenvalue weighted by molar-refractivity contribution is -0.277. The van der Waals surface area contributed by atoms with Crippen molar-refractivity contribution in [2.75, 3.05) is 6.61 Å². The van der Waals surface area contributed by atoms with Gasteiger partial charge in [0.1, 0.15) is 30.2 Å². The SMILES string of the molecule is OC[C@H]1O[C@@H](Oc2cccc(Cl)c2Cc2ccc(Cl)s2)[C@H](O)[C@@H](O)[C@@H]1O. The number of hydrogen-bond acceptors (Lipinski definition) is 7. The summed E-state index contributed by atoms with van der Waals surface area (Å²) in [6, 6.07) is 8.74. The number of thiophene rings is 1. The van der Waals surface area contributed by atoms with Gasteiger partial charge in [-0.1, -0.05) is 29.3 Å². The van der Waals surface area contributed by atoms with Crippen molar-refractivity contribution in [3.8, 4) is 5.75 Å². The molecule has 5 atom stereocenters. The van der Waals surface area contributed by atoms with Gasteiger partial charge in [0.2, 0.25) is 6.29 Å². The van der Waals surface area contributed by atoms with Crippen LogP contribution in [0.4, 0.5) is 0 Å². The molecule has 9 heteroatoms. The molecule has 26 heavy (non-hydrogen) atoms. The van der Waals surface area contributed by atoms with Gasteiger partial charge in [0, 0.05) is 21.9 Å². The molecule has 0 radical (unpaired) electrons. The molecule has 1 fully saturated rings. The maximum Gasteiger partial charge on any atom is 0.229 e. The first-order valence-electron chi connectivity index (χ1n) is 7.89. The number of halogens is 2. The third-order valence-corrected chi connectivity index (χ3v) is 5.73. The van der Waals surface area contributed by atoms with Crippen molar-refractivity contribution >= 4 is 34.5 Å². The van der Waals surface area contributed by atoms with E-state index in [4.69, 9.17) is 32.7 Å². The number of rotatable bonds is 5. The monoisotopic (exact) mass is 420 g/mol. The summed E-state index contributed by atoms with van der Waals surface area (Å²) in [6.45, 7) is -0.527. The molecule has 3 rings (SSSR count). The van der Waals surface area contributed by atoms with Crippen LogP contribution in [0.2, 0.25) is 9.36 Å². The smallest absolute Gasteiger partial charge is 0.229 e. The summed E-state index contributed by atoms with van der Waals surface area (Å²) in [5.41, 5.74) is 0.671. The van der Waals surface area contributed by atoms with Crippen molar-refractivity contribution < 1.29 is 29.9 Å². The second-order valence-electron chi connectivity index (χ2n) is 5.91. The lowest BCUT2D eigenvalue weighted by atomic mass is 9.99. The molecule has 4 N–H and O–H groups in total. The van der Waals surface area contributed by atoms with Gasteiger partial charge in [-0.05, 0) is 24.3 Å². The van der Waals surface area contributed by atoms with Crippen molar-refractivity contribution in [1.82, 2.24) is 0 Å². The Hall–Kier alpha value is -0.900. The van der Waals surface area contributed by atoms with Crippen LogP contribution in [0.5, 0.6) is 5.75 Å². The molecule has 0 spiro atoms. The standard InChI is InChI=1S/C17H18Cl2O6S/c18-10-2-1-3-11(9(10)6-8-4-5-13(19)26-8)24-17-16(23)15(22)14(21)12(7-20)25-17/h1-5,12,14-17,20-23H,6-7H2/t12-,14-,15+,16-,17-/m1/s1. The lowest BCUT2D eigenvalue weighted by Gasteiger charge is -2.39. The Morgan fingerprint density at radius 1 is 1.04 bits per heavy atom. The molecule has 1 aromatic heterocycles. The molecule has 0 aliphatic carbocycles. The van der Waals surface area contributed by atoms with Crippen LogP contribution in [-0.4, -0.2) is 57.7 Å². The molecule has 0 amide bonds. The highest BCUT2D eigenvalue weighted by atomic mass is 35.5. The second-order valence-corrected chi connectivity index (χ2v) is 8.12. The third kappa shape index (κ3) is 4.16. The van der Waals surface area contributed by atoms with E-state index in [1.807, 2.05) is 6.07 Å². The van der Waals surface area contributed by atoms with Crippen LogP contribution in [0.15, 0.2) is 30.3 Å². The highest BCUT2D eigenvalue weighted by molar-refractivity contribution is 7.16. The average Bonchev–Trinajstić information content (AvgIpc) is 3.03. The van der Waals surface area contributed by atoms with Gasteiger partial charge in [0.25, 0.3) is 0 Å². The summed E-state index contributed by atoms with van der Waals surface area (Å²) in [4.78, 5) is 0.974. The van der Waals surface area contributed by atoms with Gasteiger partial charge >= 0.3 is 0 Å². The van der Waals surface area contributed by atoms with Crippen LogP contribution in [0, 0.1) is 0 Å². The zero-order chi connectivity index (χ0) is 18.8. The first kappa shape index (κ1) is 19.9. The predicted molar refractivity (Wildman–Crippen MR) is 98.0 cm³/mol. The van der Waals surface area contributed by atoms with Crippen molar-refractivity contribution in [1.29, 1.82) is 0 Å². The first-order chi connectivity index (χ1) is 12.4. The summed E-state index contributed by atoms with van der Waals surface area (Å²) in [5.74, 6) is 0.367. The van der Waals surface area contributed by atoms with Crippen LogP contribution < -0.4 is 4.74 Å². The van der Waals surface area contributed by atoms with E-state index < -0.39 is 37.3 Å². The molecular weight excluding hydrogens is 403 g/mol. The number of hydrogen-bond donors (Lipinski definition) is 4. The van der Waals surface area contributed by atoms with Gasteiger partial charge in [0.15, 0.2) is 0 Å². The minimum atomic E-state index is -1.51. The highest BCUT2D eigenvalue weighted by Crippen LogP contribution is 2.34. The fourth-order valence-electron chi connectivity index (χ4n) is 2.73. The number of aliphatic hydroxyl groups excluding tert-OH is 4. The summed E-state index contributed by atoms with van der Waals surface area (Å²) in [5, 5.41) is 39.6. The highest BCUT2D eigenvalue weighted by Gasteiger charge is 2.44. The van der Waals surface area contributed by atoms with E-state index in [0.29, 0.717) is 27.1 Å². The van der Waals surface area contributed by atoms with E-state index in [9.17, 15) is 20.4 Å². The molecule has 0 bridgehead atoms. The average molecular weight is 421 g/mol. The van der Waals surface area contributed by atoms with Crippen LogP contribution in [0.25, 0.3) is 0 Å². The Morgan fingerprint density at radius 3 is 2.46 bits per heavy atom. The molecule has 6 nitrogen and oxygen atoms in total. The van der Waals surface area contributed by atoms with Crippen molar-refractivity contribution in [2.24, 2.45) is 0 Å². The molecule has 142 valence electrons. The zero-order valence-corrected chi connectivity index (χ0v) is 15.8. The van der Waals surface area contributed by atoms with Gasteiger partial charge < -0.3 is 29.9 Å². The fraction of sp³-hybridized carbons (Fsp3) is 0.412. The van der Waals surface area contributed by atoms with Gasteiger partial charge in [-0.3, -0.25) is 0 Å². The second kappa shape index (κ2) is 8.41. The Morgan fingerprint density at radius 2 is 1.81 bits per heavy atom. The summed E-state index contributed by atoms with van der Waals surface area (Å²) in [6.07, 6.45) is -6.29. The quantitative estimate of drug-likeness (QED) is 0.588. The van der Waals surface area contributed by atoms with E-state index in [1.165, 1.54) is 11.3 Å². The number of aliphatic hydroxyl groups is 4. The van der Waals surface area contributed by atoms with Gasteiger partial charge in [0.05, 0.1) is 10.9 Å². The van der Waals surface area contributed by atoms with Gasteiger partial charge in [-0.2, -0.15) is 0 Å². The molecule has 1 aliphatic heterocycles. The molecule has 2 aromatic rings. The van der Waals surface area contributed by atoms with E-state index in [0.717, 1.165) is 4.88 Å². The van der Waals surface area contributed by atoms with E-state index in [1.54, 1.807) is 24.3 Å². The molecular formula is C17H18Cl2O6S. The van der Waals surface area contributed by atoms with Crippen molar-refractivity contribution in [2.45, 2.75) is 37.1 Å². The molecule has 1 aromatic carbocycles. The number of benzene rings is 1. The molecule has 1 aliphatic rings. The Bertz CT molecular complexity index is 753. The lowest BCUT2D eigenvalue weighted by Crippen LogP contribution is -2.60. The van der Waals surface area contributed by atoms with Crippen molar-refractivity contribution in [3.05, 3.63) is 50.1 Å². The predicted octanol–water partition coefficient (Wildman–Crippen LogP) is 1.82. The minimum absolute atomic E-state index is 0.367. The summed E-state index contributed by atoms with van der Waals surface area (Å²) >= 11 is 13.7. The summed E-state index contributed by atoms with van der Waals surface area (Å²) < 4.78 is 11.8. The summed E-state index contributed by atoms with van der Waals surface area (Å²) in [7, 11) is 0. The van der Waals surface area contributed by atoms with Crippen LogP contribution in [-0.2, 0) is 11.2 Å².